The number of ether oxygens (including phenoxy) is 4. The summed E-state index contributed by atoms with van der Waals surface area (Å²) in [4.78, 5) is 13.2. The quantitative estimate of drug-likeness (QED) is 0.807. The topological polar surface area (TPSA) is 70.6 Å². The third kappa shape index (κ3) is 3.90. The van der Waals surface area contributed by atoms with Crippen LogP contribution in [-0.4, -0.2) is 34.2 Å². The SMILES string of the molecule is COc1ccc([C@H]2[NH2+][C@H](c3ccc(OC)cc3OC)[C@@H](C)C(=O)[C@H]2C)c(OC)c1. The Morgan fingerprint density at radius 2 is 1.10 bits per heavy atom. The van der Waals surface area contributed by atoms with Crippen molar-refractivity contribution in [1.29, 1.82) is 0 Å². The lowest BCUT2D eigenvalue weighted by Crippen LogP contribution is -2.91. The molecule has 1 fully saturated rings. The second-order valence-electron chi connectivity index (χ2n) is 7.44. The van der Waals surface area contributed by atoms with Crippen molar-refractivity contribution in [3.8, 4) is 23.0 Å². The molecule has 6 nitrogen and oxygen atoms in total. The van der Waals surface area contributed by atoms with Gasteiger partial charge >= 0.3 is 0 Å². The summed E-state index contributed by atoms with van der Waals surface area (Å²) in [5.74, 6) is 2.84. The van der Waals surface area contributed by atoms with Gasteiger partial charge in [0.15, 0.2) is 5.78 Å². The Labute approximate surface area is 172 Å². The van der Waals surface area contributed by atoms with Crippen LogP contribution in [0.15, 0.2) is 36.4 Å². The third-order valence-corrected chi connectivity index (χ3v) is 5.99. The maximum Gasteiger partial charge on any atom is 0.151 e. The fraction of sp³-hybridized carbons (Fsp3) is 0.435. The second kappa shape index (κ2) is 8.74. The van der Waals surface area contributed by atoms with Gasteiger partial charge in [-0.25, -0.2) is 0 Å². The van der Waals surface area contributed by atoms with E-state index in [-0.39, 0.29) is 29.7 Å². The Bertz CT molecular complexity index is 812. The summed E-state index contributed by atoms with van der Waals surface area (Å²) in [6.07, 6.45) is 0. The number of piperidine rings is 1. The lowest BCUT2D eigenvalue weighted by atomic mass is 9.76. The maximum absolute atomic E-state index is 13.2. The van der Waals surface area contributed by atoms with Gasteiger partial charge in [-0.2, -0.15) is 0 Å². The highest BCUT2D eigenvalue weighted by Crippen LogP contribution is 2.39. The Balaban J connectivity index is 2.03. The summed E-state index contributed by atoms with van der Waals surface area (Å²) in [6, 6.07) is 11.4. The average Bonchev–Trinajstić information content (AvgIpc) is 2.77. The third-order valence-electron chi connectivity index (χ3n) is 5.99. The molecule has 2 aromatic rings. The van der Waals surface area contributed by atoms with Crippen molar-refractivity contribution in [3.05, 3.63) is 47.5 Å². The number of carbonyl (C=O) groups excluding carboxylic acids is 1. The van der Waals surface area contributed by atoms with Crippen molar-refractivity contribution in [1.82, 2.24) is 0 Å². The van der Waals surface area contributed by atoms with Crippen LogP contribution in [-0.2, 0) is 4.79 Å². The number of carbonyl (C=O) groups is 1. The van der Waals surface area contributed by atoms with Gasteiger partial charge in [0.2, 0.25) is 0 Å². The molecule has 1 saturated heterocycles. The smallest absolute Gasteiger partial charge is 0.151 e. The Kier molecular flexibility index (Phi) is 6.33. The molecule has 3 rings (SSSR count). The van der Waals surface area contributed by atoms with Crippen LogP contribution in [0.1, 0.15) is 37.1 Å². The highest BCUT2D eigenvalue weighted by molar-refractivity contribution is 5.85. The first kappa shape index (κ1) is 21.0. The van der Waals surface area contributed by atoms with Gasteiger partial charge in [0.05, 0.1) is 51.4 Å². The number of hydrogen-bond donors (Lipinski definition) is 1. The molecule has 0 spiro atoms. The van der Waals surface area contributed by atoms with Gasteiger partial charge < -0.3 is 24.3 Å². The van der Waals surface area contributed by atoms with Crippen LogP contribution in [0, 0.1) is 11.8 Å². The molecule has 156 valence electrons. The first-order valence-electron chi connectivity index (χ1n) is 9.77. The molecule has 29 heavy (non-hydrogen) atoms. The summed E-state index contributed by atoms with van der Waals surface area (Å²) in [5.41, 5.74) is 1.97. The summed E-state index contributed by atoms with van der Waals surface area (Å²) >= 11 is 0. The normalized spacial score (nSPS) is 24.1. The number of nitrogens with two attached hydrogens (primary N) is 1. The number of Topliss-reactive ketones (excluding diaryl/α,β-unsaturated/α-hetero) is 1. The predicted octanol–water partition coefficient (Wildman–Crippen LogP) is 2.92. The highest BCUT2D eigenvalue weighted by atomic mass is 16.5. The minimum atomic E-state index is -0.146. The number of ketones is 1. The molecule has 0 aromatic heterocycles. The number of benzene rings is 2. The molecule has 2 aromatic carbocycles. The highest BCUT2D eigenvalue weighted by Gasteiger charge is 2.45. The lowest BCUT2D eigenvalue weighted by molar-refractivity contribution is -0.748. The van der Waals surface area contributed by atoms with E-state index in [0.717, 1.165) is 34.1 Å². The molecule has 1 aliphatic rings. The number of hydrogen-bond acceptors (Lipinski definition) is 5. The fourth-order valence-corrected chi connectivity index (χ4v) is 4.26. The molecule has 0 aliphatic carbocycles. The van der Waals surface area contributed by atoms with E-state index in [1.54, 1.807) is 28.4 Å². The van der Waals surface area contributed by atoms with Gasteiger partial charge in [-0.1, -0.05) is 0 Å². The minimum Gasteiger partial charge on any atom is -0.497 e. The van der Waals surface area contributed by atoms with E-state index in [4.69, 9.17) is 18.9 Å². The lowest BCUT2D eigenvalue weighted by Gasteiger charge is -2.37. The van der Waals surface area contributed by atoms with Crippen molar-refractivity contribution in [3.63, 3.8) is 0 Å². The first-order valence-corrected chi connectivity index (χ1v) is 9.77. The zero-order chi connectivity index (χ0) is 21.1. The molecule has 1 aliphatic heterocycles. The van der Waals surface area contributed by atoms with Crippen LogP contribution >= 0.6 is 0 Å². The molecule has 2 N–H and O–H groups in total. The molecular weight excluding hydrogens is 370 g/mol. The van der Waals surface area contributed by atoms with Crippen LogP contribution in [0.25, 0.3) is 0 Å². The standard InChI is InChI=1S/C23H29NO5/c1-13-21(17-9-7-15(26-3)11-19(17)28-5)24-22(14(2)23(13)25)18-10-8-16(27-4)12-20(18)29-6/h7-14,21-22,24H,1-6H3/p+1/t13-,14+,21-,22-/m0/s1. The summed E-state index contributed by atoms with van der Waals surface area (Å²) in [6.45, 7) is 3.98. The molecule has 6 heteroatoms. The fourth-order valence-electron chi connectivity index (χ4n) is 4.26. The van der Waals surface area contributed by atoms with E-state index in [1.165, 1.54) is 0 Å². The van der Waals surface area contributed by atoms with Gasteiger partial charge in [0.1, 0.15) is 35.1 Å². The first-order chi connectivity index (χ1) is 13.9. The monoisotopic (exact) mass is 400 g/mol. The van der Waals surface area contributed by atoms with E-state index in [2.05, 4.69) is 5.32 Å². The van der Waals surface area contributed by atoms with Crippen molar-refractivity contribution < 1.29 is 29.1 Å². The molecule has 0 bridgehead atoms. The maximum atomic E-state index is 13.2. The zero-order valence-corrected chi connectivity index (χ0v) is 17.9. The van der Waals surface area contributed by atoms with E-state index in [0.29, 0.717) is 0 Å². The molecule has 0 unspecified atom stereocenters. The van der Waals surface area contributed by atoms with E-state index in [9.17, 15) is 4.79 Å². The van der Waals surface area contributed by atoms with Crippen molar-refractivity contribution in [2.24, 2.45) is 11.8 Å². The molecular formula is C23H30NO5+. The summed E-state index contributed by atoms with van der Waals surface area (Å²) in [5, 5.41) is 2.26. The number of rotatable bonds is 6. The Morgan fingerprint density at radius 3 is 1.45 bits per heavy atom. The van der Waals surface area contributed by atoms with Gasteiger partial charge in [0, 0.05) is 12.1 Å². The minimum absolute atomic E-state index is 0.0728. The molecule has 0 radical (unpaired) electrons. The number of methoxy groups -OCH3 is 4. The second-order valence-corrected chi connectivity index (χ2v) is 7.44. The van der Waals surface area contributed by atoms with Gasteiger partial charge in [-0.15, -0.1) is 0 Å². The summed E-state index contributed by atoms with van der Waals surface area (Å²) < 4.78 is 21.9. The molecule has 0 saturated carbocycles. The van der Waals surface area contributed by atoms with E-state index >= 15 is 0 Å². The molecule has 1 heterocycles. The largest absolute Gasteiger partial charge is 0.497 e. The molecule has 0 amide bonds. The van der Waals surface area contributed by atoms with Crippen LogP contribution in [0.3, 0.4) is 0 Å². The van der Waals surface area contributed by atoms with Gasteiger partial charge in [0.25, 0.3) is 0 Å². The van der Waals surface area contributed by atoms with Crippen LogP contribution in [0.2, 0.25) is 0 Å². The van der Waals surface area contributed by atoms with Gasteiger partial charge in [-0.3, -0.25) is 4.79 Å². The average molecular weight is 400 g/mol. The van der Waals surface area contributed by atoms with Crippen molar-refractivity contribution in [2.45, 2.75) is 25.9 Å². The van der Waals surface area contributed by atoms with Crippen molar-refractivity contribution in [2.75, 3.05) is 28.4 Å². The van der Waals surface area contributed by atoms with Crippen LogP contribution < -0.4 is 24.3 Å². The van der Waals surface area contributed by atoms with Crippen molar-refractivity contribution >= 4 is 5.78 Å². The zero-order valence-electron chi connectivity index (χ0n) is 17.9. The Hall–Kier alpha value is -2.73. The van der Waals surface area contributed by atoms with Gasteiger partial charge in [-0.05, 0) is 38.1 Å². The number of quaternary nitrogens is 1. The Morgan fingerprint density at radius 1 is 0.690 bits per heavy atom. The van der Waals surface area contributed by atoms with Crippen LogP contribution in [0.4, 0.5) is 0 Å². The van der Waals surface area contributed by atoms with E-state index < -0.39 is 0 Å². The predicted molar refractivity (Wildman–Crippen MR) is 110 cm³/mol. The molecule has 4 atom stereocenters. The van der Waals surface area contributed by atoms with E-state index in [1.807, 2.05) is 50.2 Å². The van der Waals surface area contributed by atoms with Crippen LogP contribution in [0.5, 0.6) is 23.0 Å². The summed E-state index contributed by atoms with van der Waals surface area (Å²) in [7, 11) is 6.53.